The normalized spacial score (nSPS) is 10.6. The van der Waals surface area contributed by atoms with Crippen LogP contribution in [0.3, 0.4) is 0 Å². The minimum atomic E-state index is -0.528. The molecule has 0 fully saturated rings. The monoisotopic (exact) mass is 379 g/mol. The molecular weight excluding hydrogens is 369 g/mol. The van der Waals surface area contributed by atoms with Crippen LogP contribution in [-0.2, 0) is 4.74 Å². The summed E-state index contributed by atoms with van der Waals surface area (Å²) >= 11 is 13.5. The Morgan fingerprint density at radius 1 is 1.12 bits per heavy atom. The van der Waals surface area contributed by atoms with Crippen LogP contribution in [0.1, 0.15) is 20.0 Å². The summed E-state index contributed by atoms with van der Waals surface area (Å²) in [5.41, 5.74) is 0.634. The lowest BCUT2D eigenvalue weighted by atomic mass is 10.1. The zero-order valence-electron chi connectivity index (χ0n) is 12.4. The van der Waals surface area contributed by atoms with Gasteiger partial charge in [0.25, 0.3) is 5.91 Å². The minimum absolute atomic E-state index is 0.272. The minimum Gasteiger partial charge on any atom is -0.465 e. The van der Waals surface area contributed by atoms with Crippen LogP contribution in [0.15, 0.2) is 42.5 Å². The van der Waals surface area contributed by atoms with Gasteiger partial charge in [-0.2, -0.15) is 0 Å². The van der Waals surface area contributed by atoms with E-state index in [0.29, 0.717) is 20.6 Å². The molecule has 0 saturated heterocycles. The van der Waals surface area contributed by atoms with Crippen molar-refractivity contribution in [1.29, 1.82) is 0 Å². The number of benzene rings is 2. The summed E-state index contributed by atoms with van der Waals surface area (Å²) in [6.07, 6.45) is 0. The van der Waals surface area contributed by atoms with Gasteiger partial charge in [0.1, 0.15) is 4.88 Å². The van der Waals surface area contributed by atoms with Crippen LogP contribution in [0.25, 0.3) is 10.1 Å². The Hall–Kier alpha value is -2.08. The van der Waals surface area contributed by atoms with E-state index in [1.807, 2.05) is 0 Å². The molecule has 3 rings (SSSR count). The molecule has 0 radical (unpaired) electrons. The smallest absolute Gasteiger partial charge is 0.339 e. The number of halogens is 2. The van der Waals surface area contributed by atoms with Crippen LogP contribution in [0.4, 0.5) is 5.69 Å². The fraction of sp³-hybridized carbons (Fsp3) is 0.0588. The van der Waals surface area contributed by atoms with E-state index in [1.165, 1.54) is 18.4 Å². The first kappa shape index (κ1) is 16.8. The maximum absolute atomic E-state index is 12.6. The number of rotatable bonds is 3. The van der Waals surface area contributed by atoms with Gasteiger partial charge >= 0.3 is 5.97 Å². The Morgan fingerprint density at radius 3 is 2.62 bits per heavy atom. The van der Waals surface area contributed by atoms with Gasteiger partial charge in [0.05, 0.1) is 23.4 Å². The number of para-hydroxylation sites is 1. The zero-order valence-corrected chi connectivity index (χ0v) is 14.8. The first-order valence-electron chi connectivity index (χ1n) is 6.87. The lowest BCUT2D eigenvalue weighted by Gasteiger charge is -2.08. The number of esters is 1. The first-order chi connectivity index (χ1) is 11.5. The average Bonchev–Trinajstić information content (AvgIpc) is 2.90. The van der Waals surface area contributed by atoms with Crippen LogP contribution >= 0.6 is 34.5 Å². The first-order valence-corrected chi connectivity index (χ1v) is 8.44. The Labute approximate surface area is 151 Å². The molecule has 0 aliphatic rings. The summed E-state index contributed by atoms with van der Waals surface area (Å²) in [6.45, 7) is 0. The molecule has 1 amide bonds. The molecule has 2 aromatic carbocycles. The maximum Gasteiger partial charge on any atom is 0.339 e. The van der Waals surface area contributed by atoms with Crippen LogP contribution in [-0.4, -0.2) is 19.0 Å². The van der Waals surface area contributed by atoms with Crippen molar-refractivity contribution in [2.45, 2.75) is 0 Å². The summed E-state index contributed by atoms with van der Waals surface area (Å²) in [7, 11) is 1.29. The maximum atomic E-state index is 12.6. The molecule has 0 bridgehead atoms. The molecule has 1 heterocycles. The van der Waals surface area contributed by atoms with Gasteiger partial charge in [-0.1, -0.05) is 41.4 Å². The number of methoxy groups -OCH3 is 1. The zero-order chi connectivity index (χ0) is 17.3. The number of hydrogen-bond donors (Lipinski definition) is 1. The predicted octanol–water partition coefficient (Wildman–Crippen LogP) is 5.25. The van der Waals surface area contributed by atoms with Crippen molar-refractivity contribution in [3.63, 3.8) is 0 Å². The van der Waals surface area contributed by atoms with Crippen molar-refractivity contribution in [2.24, 2.45) is 0 Å². The van der Waals surface area contributed by atoms with Gasteiger partial charge in [0.15, 0.2) is 0 Å². The Kier molecular flexibility index (Phi) is 4.76. The summed E-state index contributed by atoms with van der Waals surface area (Å²) in [4.78, 5) is 24.7. The van der Waals surface area contributed by atoms with E-state index in [0.717, 1.165) is 10.1 Å². The molecule has 4 nitrogen and oxygen atoms in total. The number of hydrogen-bond acceptors (Lipinski definition) is 4. The third-order valence-corrected chi connectivity index (χ3v) is 5.27. The number of ether oxygens (including phenoxy) is 1. The fourth-order valence-corrected chi connectivity index (χ4v) is 3.93. The molecule has 1 N–H and O–H groups in total. The van der Waals surface area contributed by atoms with E-state index >= 15 is 0 Å². The van der Waals surface area contributed by atoms with Crippen molar-refractivity contribution >= 4 is 62.2 Å². The van der Waals surface area contributed by atoms with E-state index in [2.05, 4.69) is 5.32 Å². The van der Waals surface area contributed by atoms with E-state index < -0.39 is 11.9 Å². The largest absolute Gasteiger partial charge is 0.465 e. The Bertz CT molecular complexity index is 952. The molecule has 24 heavy (non-hydrogen) atoms. The van der Waals surface area contributed by atoms with Crippen molar-refractivity contribution < 1.29 is 14.3 Å². The average molecular weight is 380 g/mol. The third kappa shape index (κ3) is 3.11. The lowest BCUT2D eigenvalue weighted by molar-refractivity contribution is 0.0602. The summed E-state index contributed by atoms with van der Waals surface area (Å²) < 4.78 is 5.54. The number of anilines is 1. The molecule has 0 aliphatic carbocycles. The van der Waals surface area contributed by atoms with Crippen molar-refractivity contribution in [1.82, 2.24) is 0 Å². The number of fused-ring (bicyclic) bond motifs is 1. The Balaban J connectivity index is 1.97. The molecule has 0 aliphatic heterocycles. The summed E-state index contributed by atoms with van der Waals surface area (Å²) in [6, 6.07) is 11.9. The van der Waals surface area contributed by atoms with E-state index in [1.54, 1.807) is 42.5 Å². The highest BCUT2D eigenvalue weighted by atomic mass is 35.5. The standard InChI is InChI=1S/C17H11Cl2NO3S/c1-23-17(22)10-4-2-3-5-12(10)20-16(21)15-14(19)11-7-6-9(18)8-13(11)24-15/h2-8H,1H3,(H,20,21). The fourth-order valence-electron chi connectivity index (χ4n) is 2.24. The van der Waals surface area contributed by atoms with E-state index in [-0.39, 0.29) is 5.56 Å². The number of carbonyl (C=O) groups excluding carboxylic acids is 2. The van der Waals surface area contributed by atoms with Crippen LogP contribution in [0, 0.1) is 0 Å². The molecule has 0 atom stereocenters. The summed E-state index contributed by atoms with van der Waals surface area (Å²) in [5, 5.41) is 4.41. The second-order valence-corrected chi connectivity index (χ2v) is 6.74. The summed E-state index contributed by atoms with van der Waals surface area (Å²) in [5.74, 6) is -0.922. The molecule has 0 spiro atoms. The lowest BCUT2D eigenvalue weighted by Crippen LogP contribution is -2.14. The molecular formula is C17H11Cl2NO3S. The molecule has 122 valence electrons. The SMILES string of the molecule is COC(=O)c1ccccc1NC(=O)c1sc2cc(Cl)ccc2c1Cl. The third-order valence-electron chi connectivity index (χ3n) is 3.38. The van der Waals surface area contributed by atoms with E-state index in [4.69, 9.17) is 27.9 Å². The predicted molar refractivity (Wildman–Crippen MR) is 97.6 cm³/mol. The topological polar surface area (TPSA) is 55.4 Å². The van der Waals surface area contributed by atoms with Gasteiger partial charge in [-0.25, -0.2) is 4.79 Å². The van der Waals surface area contributed by atoms with Gasteiger partial charge in [-0.3, -0.25) is 4.79 Å². The second kappa shape index (κ2) is 6.81. The molecule has 1 aromatic heterocycles. The van der Waals surface area contributed by atoms with Crippen LogP contribution in [0.2, 0.25) is 10.0 Å². The van der Waals surface area contributed by atoms with Crippen LogP contribution < -0.4 is 5.32 Å². The molecule has 3 aromatic rings. The van der Waals surface area contributed by atoms with Gasteiger partial charge in [-0.05, 0) is 24.3 Å². The van der Waals surface area contributed by atoms with Gasteiger partial charge in [0.2, 0.25) is 0 Å². The van der Waals surface area contributed by atoms with Crippen molar-refractivity contribution in [3.05, 3.63) is 63.0 Å². The van der Waals surface area contributed by atoms with Crippen molar-refractivity contribution in [3.8, 4) is 0 Å². The molecule has 7 heteroatoms. The highest BCUT2D eigenvalue weighted by molar-refractivity contribution is 7.21. The van der Waals surface area contributed by atoms with Gasteiger partial charge < -0.3 is 10.1 Å². The van der Waals surface area contributed by atoms with Crippen molar-refractivity contribution in [2.75, 3.05) is 12.4 Å². The number of carbonyl (C=O) groups is 2. The number of nitrogens with one attached hydrogen (secondary N) is 1. The van der Waals surface area contributed by atoms with Gasteiger partial charge in [0, 0.05) is 15.1 Å². The highest BCUT2D eigenvalue weighted by Gasteiger charge is 2.20. The van der Waals surface area contributed by atoms with Crippen LogP contribution in [0.5, 0.6) is 0 Å². The number of amides is 1. The highest BCUT2D eigenvalue weighted by Crippen LogP contribution is 2.37. The molecule has 0 saturated carbocycles. The van der Waals surface area contributed by atoms with Gasteiger partial charge in [-0.15, -0.1) is 11.3 Å². The quantitative estimate of drug-likeness (QED) is 0.632. The van der Waals surface area contributed by atoms with E-state index in [9.17, 15) is 9.59 Å². The molecule has 0 unspecified atom stereocenters. The number of thiophene rings is 1. The Morgan fingerprint density at radius 2 is 1.88 bits per heavy atom. The second-order valence-electron chi connectivity index (χ2n) is 4.88.